The van der Waals surface area contributed by atoms with Crippen molar-refractivity contribution in [3.8, 4) is 0 Å². The van der Waals surface area contributed by atoms with E-state index in [-0.39, 0.29) is 1.43 Å². The van der Waals surface area contributed by atoms with Crippen LogP contribution in [-0.4, -0.2) is 0 Å². The van der Waals surface area contributed by atoms with Gasteiger partial charge in [-0.25, -0.2) is 5.48 Å². The summed E-state index contributed by atoms with van der Waals surface area (Å²) in [5, 5.41) is 0. The molecule has 0 unspecified atom stereocenters. The molecule has 1 N–H and O–H groups in total. The van der Waals surface area contributed by atoms with Crippen molar-refractivity contribution in [2.75, 3.05) is 0 Å². The Morgan fingerprint density at radius 2 is 1.70 bits per heavy atom. The largest absolute Gasteiger partial charge is 0.391 e. The van der Waals surface area contributed by atoms with Gasteiger partial charge in [0.05, 0.1) is 0 Å². The molecule has 1 rings (SSSR count). The second kappa shape index (κ2) is 15.7. The van der Waals surface area contributed by atoms with Crippen LogP contribution in [0.15, 0.2) is 24.6 Å². The molecule has 0 amide bonds. The number of rotatable bonds is 0. The normalized spacial score (nSPS) is 10.8. The first-order valence-corrected chi connectivity index (χ1v) is 3.73. The molecule has 0 saturated carbocycles. The summed E-state index contributed by atoms with van der Waals surface area (Å²) in [5.74, 6) is 0. The van der Waals surface area contributed by atoms with E-state index in [1.54, 1.807) is 18.5 Å². The Morgan fingerprint density at radius 1 is 1.10 bits per heavy atom. The molecular formula is C8H19NO. The predicted octanol–water partition coefficient (Wildman–Crippen LogP) is 2.85. The van der Waals surface area contributed by atoms with Gasteiger partial charge >= 0.3 is 0 Å². The van der Waals surface area contributed by atoms with E-state index in [0.717, 1.165) is 0 Å². The van der Waals surface area contributed by atoms with Crippen molar-refractivity contribution >= 4 is 0 Å². The van der Waals surface area contributed by atoms with Crippen LogP contribution in [0, 0.1) is 0 Å². The van der Waals surface area contributed by atoms with Crippen LogP contribution >= 0.6 is 0 Å². The molecule has 0 aromatic carbocycles. The monoisotopic (exact) mass is 145 g/mol. The van der Waals surface area contributed by atoms with Gasteiger partial charge in [-0.2, -0.15) is 0 Å². The van der Waals surface area contributed by atoms with E-state index in [0.29, 0.717) is 0 Å². The Bertz CT molecular complexity index is 80.1. The van der Waals surface area contributed by atoms with Crippen molar-refractivity contribution in [3.05, 3.63) is 24.6 Å². The summed E-state index contributed by atoms with van der Waals surface area (Å²) in [4.78, 5) is 4.55. The molecular weight excluding hydrogens is 126 g/mol. The van der Waals surface area contributed by atoms with Crippen molar-refractivity contribution < 1.29 is 6.26 Å². The Morgan fingerprint density at radius 3 is 1.80 bits per heavy atom. The lowest BCUT2D eigenvalue weighted by Gasteiger charge is -1.97. The van der Waals surface area contributed by atoms with Gasteiger partial charge in [-0.3, -0.25) is 0 Å². The third-order valence-corrected chi connectivity index (χ3v) is 0.490. The van der Waals surface area contributed by atoms with Crippen LogP contribution < -0.4 is 5.48 Å². The number of allylic oxidation sites excluding steroid dienone is 2. The first-order chi connectivity index (χ1) is 5.00. The highest BCUT2D eigenvalue weighted by Crippen LogP contribution is 1.80. The van der Waals surface area contributed by atoms with E-state index in [2.05, 4.69) is 10.3 Å². The number of nitrogens with one attached hydrogen (secondary N) is 1. The lowest BCUT2D eigenvalue weighted by molar-refractivity contribution is 0.172. The molecule has 0 saturated heterocycles. The maximum atomic E-state index is 4.55. The van der Waals surface area contributed by atoms with Crippen molar-refractivity contribution in [1.29, 1.82) is 0 Å². The number of hydrogen-bond acceptors (Lipinski definition) is 2. The highest BCUT2D eigenvalue weighted by atomic mass is 16.6. The first-order valence-electron chi connectivity index (χ1n) is 3.73. The molecule has 0 radical (unpaired) electrons. The van der Waals surface area contributed by atoms with Gasteiger partial charge in [0.1, 0.15) is 6.26 Å². The third-order valence-electron chi connectivity index (χ3n) is 0.490. The van der Waals surface area contributed by atoms with Gasteiger partial charge in [0.15, 0.2) is 0 Å². The fourth-order valence-electron chi connectivity index (χ4n) is 0.258. The molecule has 2 nitrogen and oxygen atoms in total. The summed E-state index contributed by atoms with van der Waals surface area (Å²) in [7, 11) is 0. The minimum absolute atomic E-state index is 0. The van der Waals surface area contributed by atoms with E-state index in [9.17, 15) is 0 Å². The van der Waals surface area contributed by atoms with Gasteiger partial charge in [-0.1, -0.05) is 27.7 Å². The van der Waals surface area contributed by atoms with Gasteiger partial charge in [0, 0.05) is 7.63 Å². The molecule has 0 spiro atoms. The number of hydrogen-bond donors (Lipinski definition) is 1. The molecule has 1 aliphatic heterocycles. The fraction of sp³-hybridized carbons (Fsp3) is 0.500. The standard InChI is InChI=1S/C4H5NO.2C2H6.H2/c1-2-4-6-5-3-1;2*1-2;/h1-5H;2*1-2H3;1H. The first kappa shape index (κ1) is 11.8. The lowest BCUT2D eigenvalue weighted by atomic mass is 10.6. The van der Waals surface area contributed by atoms with Crippen molar-refractivity contribution in [3.63, 3.8) is 0 Å². The van der Waals surface area contributed by atoms with Crippen LogP contribution in [0.1, 0.15) is 29.1 Å². The van der Waals surface area contributed by atoms with Crippen LogP contribution in [0.25, 0.3) is 0 Å². The summed E-state index contributed by atoms with van der Waals surface area (Å²) in [6.07, 6.45) is 6.93. The average Bonchev–Trinajstić information content (AvgIpc) is 2.14. The molecule has 1 heterocycles. The van der Waals surface area contributed by atoms with Gasteiger partial charge < -0.3 is 4.84 Å². The maximum absolute atomic E-state index is 4.55. The molecule has 2 heteroatoms. The van der Waals surface area contributed by atoms with Gasteiger partial charge in [-0.15, -0.1) is 0 Å². The Kier molecular flexibility index (Phi) is 18.6. The van der Waals surface area contributed by atoms with E-state index < -0.39 is 0 Å². The van der Waals surface area contributed by atoms with Gasteiger partial charge in [0.2, 0.25) is 0 Å². The highest BCUT2D eigenvalue weighted by molar-refractivity contribution is 5.00. The summed E-state index contributed by atoms with van der Waals surface area (Å²) in [6, 6.07) is 0. The Balaban J connectivity index is -0.000000114. The van der Waals surface area contributed by atoms with Gasteiger partial charge in [-0.05, 0) is 12.2 Å². The molecule has 0 aromatic rings. The summed E-state index contributed by atoms with van der Waals surface area (Å²) in [5.41, 5.74) is 2.52. The van der Waals surface area contributed by atoms with E-state index in [1.165, 1.54) is 0 Å². The van der Waals surface area contributed by atoms with Crippen molar-refractivity contribution in [2.45, 2.75) is 27.7 Å². The van der Waals surface area contributed by atoms with E-state index in [4.69, 9.17) is 0 Å². The van der Waals surface area contributed by atoms with E-state index >= 15 is 0 Å². The third kappa shape index (κ3) is 10.1. The zero-order valence-corrected chi connectivity index (χ0v) is 7.22. The SMILES string of the molecule is C1=CNOC=C1.CC.CC.[HH]. The van der Waals surface area contributed by atoms with E-state index in [1.807, 2.05) is 33.8 Å². The smallest absolute Gasteiger partial charge is 0.119 e. The molecule has 0 atom stereocenters. The minimum Gasteiger partial charge on any atom is -0.391 e. The lowest BCUT2D eigenvalue weighted by Crippen LogP contribution is -2.01. The summed E-state index contributed by atoms with van der Waals surface area (Å²) < 4.78 is 0. The van der Waals surface area contributed by atoms with Crippen molar-refractivity contribution in [2.24, 2.45) is 0 Å². The van der Waals surface area contributed by atoms with Crippen molar-refractivity contribution in [1.82, 2.24) is 5.48 Å². The molecule has 0 aliphatic carbocycles. The van der Waals surface area contributed by atoms with Crippen LogP contribution in [0.3, 0.4) is 0 Å². The molecule has 1 aliphatic rings. The fourth-order valence-corrected chi connectivity index (χ4v) is 0.258. The zero-order chi connectivity index (χ0) is 8.24. The van der Waals surface area contributed by atoms with Crippen LogP contribution in [-0.2, 0) is 4.84 Å². The Labute approximate surface area is 65.0 Å². The quantitative estimate of drug-likeness (QED) is 0.566. The second-order valence-corrected chi connectivity index (χ2v) is 0.923. The van der Waals surface area contributed by atoms with Crippen LogP contribution in [0.2, 0.25) is 0 Å². The molecule has 0 bridgehead atoms. The average molecular weight is 145 g/mol. The summed E-state index contributed by atoms with van der Waals surface area (Å²) >= 11 is 0. The number of hydroxylamine groups is 1. The molecule has 0 aromatic heterocycles. The topological polar surface area (TPSA) is 21.3 Å². The minimum atomic E-state index is 0. The van der Waals surface area contributed by atoms with Crippen LogP contribution in [0.4, 0.5) is 0 Å². The Hall–Kier alpha value is -0.920. The molecule has 62 valence electrons. The summed E-state index contributed by atoms with van der Waals surface area (Å²) in [6.45, 7) is 8.00. The highest BCUT2D eigenvalue weighted by Gasteiger charge is 1.72. The molecule has 10 heavy (non-hydrogen) atoms. The van der Waals surface area contributed by atoms with Crippen LogP contribution in [0.5, 0.6) is 0 Å². The maximum Gasteiger partial charge on any atom is 0.119 e. The predicted molar refractivity (Wildman–Crippen MR) is 47.3 cm³/mol. The second-order valence-electron chi connectivity index (χ2n) is 0.923. The molecule has 0 fully saturated rings. The zero-order valence-electron chi connectivity index (χ0n) is 7.22. The van der Waals surface area contributed by atoms with Gasteiger partial charge in [0.25, 0.3) is 0 Å².